The summed E-state index contributed by atoms with van der Waals surface area (Å²) in [5, 5.41) is 11.2. The van der Waals surface area contributed by atoms with Gasteiger partial charge in [0.15, 0.2) is 0 Å². The Bertz CT molecular complexity index is 793. The van der Waals surface area contributed by atoms with Gasteiger partial charge in [-0.1, -0.05) is 12.1 Å². The summed E-state index contributed by atoms with van der Waals surface area (Å²) in [6.45, 7) is 1.89. The Balaban J connectivity index is 1.92. The highest BCUT2D eigenvalue weighted by Gasteiger charge is 2.25. The van der Waals surface area contributed by atoms with Crippen LogP contribution in [-0.2, 0) is 25.7 Å². The minimum atomic E-state index is -0.266. The molecule has 0 bridgehead atoms. The standard InChI is InChI=1S/C19H19NO2/c1-12-14-8-9-17-15-5-3-2-4-13(15)6-7-18(17)16(14)10-11-19(12)20(21)22/h6-7,10-11H,2-5,8-9H2,1H3. The largest absolute Gasteiger partial charge is 0.272 e. The fourth-order valence-corrected chi connectivity index (χ4v) is 4.21. The van der Waals surface area contributed by atoms with Crippen LogP contribution < -0.4 is 0 Å². The van der Waals surface area contributed by atoms with E-state index < -0.39 is 0 Å². The van der Waals surface area contributed by atoms with Gasteiger partial charge < -0.3 is 0 Å². The topological polar surface area (TPSA) is 43.1 Å². The first-order valence-electron chi connectivity index (χ1n) is 8.07. The van der Waals surface area contributed by atoms with Crippen LogP contribution in [0.25, 0.3) is 11.1 Å². The molecule has 0 N–H and O–H groups in total. The highest BCUT2D eigenvalue weighted by molar-refractivity contribution is 5.77. The van der Waals surface area contributed by atoms with Crippen molar-refractivity contribution in [3.05, 3.63) is 62.2 Å². The number of benzene rings is 2. The maximum Gasteiger partial charge on any atom is 0.272 e. The molecule has 0 aliphatic heterocycles. The lowest BCUT2D eigenvalue weighted by Crippen LogP contribution is -2.13. The van der Waals surface area contributed by atoms with Gasteiger partial charge in [0.25, 0.3) is 5.69 Å². The zero-order chi connectivity index (χ0) is 15.3. The van der Waals surface area contributed by atoms with E-state index in [0.29, 0.717) is 0 Å². The number of aryl methyl sites for hydroxylation is 1. The van der Waals surface area contributed by atoms with E-state index in [1.807, 2.05) is 13.0 Å². The van der Waals surface area contributed by atoms with Crippen molar-refractivity contribution in [2.75, 3.05) is 0 Å². The fourth-order valence-electron chi connectivity index (χ4n) is 4.21. The summed E-state index contributed by atoms with van der Waals surface area (Å²) in [7, 11) is 0. The number of rotatable bonds is 1. The number of hydrogen-bond acceptors (Lipinski definition) is 2. The van der Waals surface area contributed by atoms with Crippen LogP contribution in [0.2, 0.25) is 0 Å². The fraction of sp³-hybridized carbons (Fsp3) is 0.368. The predicted octanol–water partition coefficient (Wildman–Crippen LogP) is 4.55. The highest BCUT2D eigenvalue weighted by atomic mass is 16.6. The van der Waals surface area contributed by atoms with Gasteiger partial charge in [0.2, 0.25) is 0 Å². The summed E-state index contributed by atoms with van der Waals surface area (Å²) in [6.07, 6.45) is 6.93. The lowest BCUT2D eigenvalue weighted by Gasteiger charge is -2.27. The van der Waals surface area contributed by atoms with Crippen LogP contribution in [0.3, 0.4) is 0 Å². The molecule has 2 aromatic carbocycles. The second kappa shape index (κ2) is 4.94. The Morgan fingerprint density at radius 1 is 0.864 bits per heavy atom. The molecule has 0 aromatic heterocycles. The van der Waals surface area contributed by atoms with Gasteiger partial charge in [-0.3, -0.25) is 10.1 Å². The number of nitrogens with zero attached hydrogens (tertiary/aromatic N) is 1. The number of hydrogen-bond donors (Lipinski definition) is 0. The van der Waals surface area contributed by atoms with Gasteiger partial charge in [-0.05, 0) is 84.9 Å². The van der Waals surface area contributed by atoms with Crippen LogP contribution in [0.4, 0.5) is 5.69 Å². The smallest absolute Gasteiger partial charge is 0.258 e. The van der Waals surface area contributed by atoms with Crippen LogP contribution in [0, 0.1) is 17.0 Å². The van der Waals surface area contributed by atoms with Crippen molar-refractivity contribution in [1.82, 2.24) is 0 Å². The van der Waals surface area contributed by atoms with Gasteiger partial charge in [0.1, 0.15) is 0 Å². The maximum absolute atomic E-state index is 11.2. The summed E-state index contributed by atoms with van der Waals surface area (Å²) in [5.41, 5.74) is 9.34. The Morgan fingerprint density at radius 3 is 2.36 bits per heavy atom. The first-order valence-corrected chi connectivity index (χ1v) is 8.07. The van der Waals surface area contributed by atoms with Crippen molar-refractivity contribution in [2.45, 2.75) is 45.4 Å². The Hall–Kier alpha value is -2.16. The van der Waals surface area contributed by atoms with E-state index in [-0.39, 0.29) is 10.6 Å². The molecule has 22 heavy (non-hydrogen) atoms. The third kappa shape index (κ3) is 1.88. The number of nitro benzene ring substituents is 1. The average Bonchev–Trinajstić information content (AvgIpc) is 2.54. The Morgan fingerprint density at radius 2 is 1.55 bits per heavy atom. The molecular weight excluding hydrogens is 274 g/mol. The normalized spacial score (nSPS) is 15.7. The molecule has 2 aromatic rings. The number of nitro groups is 1. The molecule has 0 saturated heterocycles. The van der Waals surface area contributed by atoms with Crippen LogP contribution >= 0.6 is 0 Å². The van der Waals surface area contributed by atoms with Crippen molar-refractivity contribution in [1.29, 1.82) is 0 Å². The molecule has 112 valence electrons. The van der Waals surface area contributed by atoms with Crippen LogP contribution in [0.5, 0.6) is 0 Å². The van der Waals surface area contributed by atoms with Crippen LogP contribution in [0.15, 0.2) is 24.3 Å². The molecule has 0 radical (unpaired) electrons. The van der Waals surface area contributed by atoms with Gasteiger partial charge in [-0.25, -0.2) is 0 Å². The third-order valence-electron chi connectivity index (χ3n) is 5.33. The monoisotopic (exact) mass is 293 g/mol. The molecule has 0 unspecified atom stereocenters. The van der Waals surface area contributed by atoms with E-state index in [4.69, 9.17) is 0 Å². The summed E-state index contributed by atoms with van der Waals surface area (Å²) in [5.74, 6) is 0. The van der Waals surface area contributed by atoms with Crippen molar-refractivity contribution < 1.29 is 4.92 Å². The van der Waals surface area contributed by atoms with E-state index in [9.17, 15) is 10.1 Å². The molecule has 2 aliphatic rings. The zero-order valence-corrected chi connectivity index (χ0v) is 12.8. The molecule has 4 rings (SSSR count). The molecule has 0 spiro atoms. The van der Waals surface area contributed by atoms with Gasteiger partial charge >= 0.3 is 0 Å². The molecular formula is C19H19NO2. The van der Waals surface area contributed by atoms with Gasteiger partial charge in [-0.2, -0.15) is 0 Å². The summed E-state index contributed by atoms with van der Waals surface area (Å²) in [4.78, 5) is 10.9. The zero-order valence-electron chi connectivity index (χ0n) is 12.8. The molecule has 0 fully saturated rings. The van der Waals surface area contributed by atoms with Crippen molar-refractivity contribution in [3.8, 4) is 11.1 Å². The van der Waals surface area contributed by atoms with Gasteiger partial charge in [-0.15, -0.1) is 0 Å². The first-order chi connectivity index (χ1) is 10.7. The highest BCUT2D eigenvalue weighted by Crippen LogP contribution is 2.41. The van der Waals surface area contributed by atoms with E-state index >= 15 is 0 Å². The molecule has 3 heteroatoms. The predicted molar refractivity (Wildman–Crippen MR) is 87.3 cm³/mol. The summed E-state index contributed by atoms with van der Waals surface area (Å²) in [6, 6.07) is 8.14. The molecule has 0 amide bonds. The van der Waals surface area contributed by atoms with E-state index in [0.717, 1.165) is 24.0 Å². The van der Waals surface area contributed by atoms with Gasteiger partial charge in [0, 0.05) is 11.6 Å². The minimum Gasteiger partial charge on any atom is -0.258 e. The second-order valence-corrected chi connectivity index (χ2v) is 6.43. The molecule has 3 nitrogen and oxygen atoms in total. The van der Waals surface area contributed by atoms with Crippen LogP contribution in [-0.4, -0.2) is 4.92 Å². The lowest BCUT2D eigenvalue weighted by molar-refractivity contribution is -0.385. The minimum absolute atomic E-state index is 0.250. The van der Waals surface area contributed by atoms with Crippen molar-refractivity contribution in [3.63, 3.8) is 0 Å². The average molecular weight is 293 g/mol. The second-order valence-electron chi connectivity index (χ2n) is 6.43. The summed E-state index contributed by atoms with van der Waals surface area (Å²) >= 11 is 0. The van der Waals surface area contributed by atoms with E-state index in [1.165, 1.54) is 47.9 Å². The molecule has 0 saturated carbocycles. The number of fused-ring (bicyclic) bond motifs is 5. The van der Waals surface area contributed by atoms with E-state index in [1.54, 1.807) is 11.6 Å². The van der Waals surface area contributed by atoms with Crippen LogP contribution in [0.1, 0.15) is 40.7 Å². The maximum atomic E-state index is 11.2. The van der Waals surface area contributed by atoms with Gasteiger partial charge in [0.05, 0.1) is 4.92 Å². The van der Waals surface area contributed by atoms with Crippen molar-refractivity contribution in [2.24, 2.45) is 0 Å². The lowest BCUT2D eigenvalue weighted by atomic mass is 9.77. The Labute approximate surface area is 130 Å². The molecule has 0 heterocycles. The molecule has 0 atom stereocenters. The quantitative estimate of drug-likeness (QED) is 0.572. The third-order valence-corrected chi connectivity index (χ3v) is 5.33. The Kier molecular flexibility index (Phi) is 3.03. The van der Waals surface area contributed by atoms with Crippen molar-refractivity contribution >= 4 is 5.69 Å². The van der Waals surface area contributed by atoms with E-state index in [2.05, 4.69) is 12.1 Å². The first kappa shape index (κ1) is 13.5. The summed E-state index contributed by atoms with van der Waals surface area (Å²) < 4.78 is 0. The molecule has 2 aliphatic carbocycles. The SMILES string of the molecule is Cc1c([N+](=O)[O-])ccc2c1CCc1c-2ccc2c1CCCC2.